The van der Waals surface area contributed by atoms with Gasteiger partial charge in [-0.3, -0.25) is 0 Å². The van der Waals surface area contributed by atoms with E-state index in [9.17, 15) is 4.79 Å². The summed E-state index contributed by atoms with van der Waals surface area (Å²) in [6, 6.07) is 10.7. The number of carbonyl (C=O) groups is 1. The molecular weight excluding hydrogens is 236 g/mol. The molecule has 0 amide bonds. The van der Waals surface area contributed by atoms with E-state index in [1.165, 1.54) is 11.1 Å². The van der Waals surface area contributed by atoms with E-state index < -0.39 is 0 Å². The van der Waals surface area contributed by atoms with Gasteiger partial charge in [0.2, 0.25) is 0 Å². The largest absolute Gasteiger partial charge is 0.462 e. The Labute approximate surface area is 113 Å². The standard InChI is InChI=1S/C17H18O2/c18-17-16(10-11-19-17)12-13-6-8-15(9-7-13)14-4-2-1-3-5-14/h1-6,12,15H,7-11H2/b16-12+. The van der Waals surface area contributed by atoms with Gasteiger partial charge in [-0.15, -0.1) is 0 Å². The van der Waals surface area contributed by atoms with Crippen LogP contribution < -0.4 is 0 Å². The molecule has 1 saturated heterocycles. The quantitative estimate of drug-likeness (QED) is 0.593. The summed E-state index contributed by atoms with van der Waals surface area (Å²) in [6.45, 7) is 0.546. The molecule has 0 bridgehead atoms. The van der Waals surface area contributed by atoms with Crippen molar-refractivity contribution >= 4 is 5.97 Å². The first kappa shape index (κ1) is 12.2. The Balaban J connectivity index is 1.69. The van der Waals surface area contributed by atoms with Crippen LogP contribution in [0.15, 0.2) is 53.6 Å². The summed E-state index contributed by atoms with van der Waals surface area (Å²) >= 11 is 0. The van der Waals surface area contributed by atoms with Gasteiger partial charge in [-0.05, 0) is 36.8 Å². The molecule has 19 heavy (non-hydrogen) atoms. The van der Waals surface area contributed by atoms with Gasteiger partial charge < -0.3 is 4.74 Å². The summed E-state index contributed by atoms with van der Waals surface area (Å²) in [7, 11) is 0. The van der Waals surface area contributed by atoms with Crippen molar-refractivity contribution in [1.29, 1.82) is 0 Å². The number of cyclic esters (lactones) is 1. The van der Waals surface area contributed by atoms with Gasteiger partial charge in [0.25, 0.3) is 0 Å². The minimum absolute atomic E-state index is 0.133. The van der Waals surface area contributed by atoms with Crippen LogP contribution in [-0.4, -0.2) is 12.6 Å². The summed E-state index contributed by atoms with van der Waals surface area (Å²) in [5.74, 6) is 0.491. The Kier molecular flexibility index (Phi) is 3.49. The van der Waals surface area contributed by atoms with E-state index in [2.05, 4.69) is 36.4 Å². The first-order valence-electron chi connectivity index (χ1n) is 6.94. The molecular formula is C17H18O2. The third kappa shape index (κ3) is 2.78. The van der Waals surface area contributed by atoms with E-state index in [-0.39, 0.29) is 5.97 Å². The Morgan fingerprint density at radius 1 is 1.16 bits per heavy atom. The topological polar surface area (TPSA) is 26.3 Å². The lowest BCUT2D eigenvalue weighted by Gasteiger charge is -2.21. The monoisotopic (exact) mass is 254 g/mol. The third-order valence-electron chi connectivity index (χ3n) is 3.94. The van der Waals surface area contributed by atoms with E-state index in [4.69, 9.17) is 4.74 Å². The fourth-order valence-corrected chi connectivity index (χ4v) is 2.82. The van der Waals surface area contributed by atoms with Crippen molar-refractivity contribution in [1.82, 2.24) is 0 Å². The highest BCUT2D eigenvalue weighted by Crippen LogP contribution is 2.33. The van der Waals surface area contributed by atoms with Crippen molar-refractivity contribution in [3.05, 3.63) is 59.2 Å². The van der Waals surface area contributed by atoms with Gasteiger partial charge in [-0.2, -0.15) is 0 Å². The van der Waals surface area contributed by atoms with Crippen molar-refractivity contribution in [2.75, 3.05) is 6.61 Å². The lowest BCUT2D eigenvalue weighted by molar-refractivity contribution is -0.135. The fraction of sp³-hybridized carbons (Fsp3) is 0.353. The number of hydrogen-bond donors (Lipinski definition) is 0. The summed E-state index contributed by atoms with van der Waals surface area (Å²) < 4.78 is 4.96. The summed E-state index contributed by atoms with van der Waals surface area (Å²) in [6.07, 6.45) is 8.36. The maximum Gasteiger partial charge on any atom is 0.334 e. The highest BCUT2D eigenvalue weighted by Gasteiger charge is 2.20. The average molecular weight is 254 g/mol. The molecule has 0 radical (unpaired) electrons. The summed E-state index contributed by atoms with van der Waals surface area (Å²) in [4.78, 5) is 11.4. The molecule has 0 N–H and O–H groups in total. The Morgan fingerprint density at radius 2 is 2.00 bits per heavy atom. The zero-order valence-corrected chi connectivity index (χ0v) is 11.0. The van der Waals surface area contributed by atoms with Crippen LogP contribution in [0.1, 0.15) is 37.2 Å². The maximum atomic E-state index is 11.4. The van der Waals surface area contributed by atoms with Crippen LogP contribution in [0.5, 0.6) is 0 Å². The Bertz CT molecular complexity index is 525. The zero-order chi connectivity index (χ0) is 13.1. The number of hydrogen-bond acceptors (Lipinski definition) is 2. The molecule has 0 spiro atoms. The molecule has 0 saturated carbocycles. The lowest BCUT2D eigenvalue weighted by atomic mass is 9.84. The first-order chi connectivity index (χ1) is 9.33. The molecule has 1 heterocycles. The van der Waals surface area contributed by atoms with Crippen LogP contribution in [-0.2, 0) is 9.53 Å². The van der Waals surface area contributed by atoms with E-state index >= 15 is 0 Å². The van der Waals surface area contributed by atoms with Crippen LogP contribution in [0.2, 0.25) is 0 Å². The molecule has 0 aromatic heterocycles. The highest BCUT2D eigenvalue weighted by atomic mass is 16.5. The number of allylic oxidation sites excluding steroid dienone is 3. The van der Waals surface area contributed by atoms with Crippen molar-refractivity contribution in [2.24, 2.45) is 0 Å². The maximum absolute atomic E-state index is 11.4. The molecule has 1 atom stereocenters. The second-order valence-electron chi connectivity index (χ2n) is 5.22. The second-order valence-corrected chi connectivity index (χ2v) is 5.22. The van der Waals surface area contributed by atoms with E-state index in [1.54, 1.807) is 0 Å². The average Bonchev–Trinajstić information content (AvgIpc) is 2.86. The third-order valence-corrected chi connectivity index (χ3v) is 3.94. The van der Waals surface area contributed by atoms with Crippen LogP contribution in [0, 0.1) is 0 Å². The number of esters is 1. The smallest absolute Gasteiger partial charge is 0.334 e. The normalized spacial score (nSPS) is 25.3. The molecule has 1 aliphatic carbocycles. The molecule has 2 aliphatic rings. The van der Waals surface area contributed by atoms with Gasteiger partial charge >= 0.3 is 5.97 Å². The van der Waals surface area contributed by atoms with E-state index in [0.29, 0.717) is 12.5 Å². The van der Waals surface area contributed by atoms with Gasteiger partial charge in [0.1, 0.15) is 0 Å². The molecule has 2 heteroatoms. The van der Waals surface area contributed by atoms with Crippen molar-refractivity contribution in [3.63, 3.8) is 0 Å². The molecule has 98 valence electrons. The van der Waals surface area contributed by atoms with Crippen LogP contribution in [0.4, 0.5) is 0 Å². The lowest BCUT2D eigenvalue weighted by Crippen LogP contribution is -2.04. The van der Waals surface area contributed by atoms with Gasteiger partial charge in [0, 0.05) is 12.0 Å². The van der Waals surface area contributed by atoms with Crippen LogP contribution >= 0.6 is 0 Å². The van der Waals surface area contributed by atoms with Crippen LogP contribution in [0.25, 0.3) is 0 Å². The summed E-state index contributed by atoms with van der Waals surface area (Å²) in [5.41, 5.74) is 3.55. The minimum Gasteiger partial charge on any atom is -0.462 e. The van der Waals surface area contributed by atoms with Gasteiger partial charge in [-0.1, -0.05) is 42.0 Å². The predicted molar refractivity (Wildman–Crippen MR) is 74.8 cm³/mol. The zero-order valence-electron chi connectivity index (χ0n) is 11.0. The number of carbonyl (C=O) groups excluding carboxylic acids is 1. The van der Waals surface area contributed by atoms with Crippen molar-refractivity contribution in [2.45, 2.75) is 31.6 Å². The number of ether oxygens (including phenoxy) is 1. The molecule has 1 aliphatic heterocycles. The molecule has 1 fully saturated rings. The minimum atomic E-state index is -0.133. The van der Waals surface area contributed by atoms with Gasteiger partial charge in [0.15, 0.2) is 0 Å². The van der Waals surface area contributed by atoms with Gasteiger partial charge in [0.05, 0.1) is 6.61 Å². The molecule has 3 rings (SSSR count). The van der Waals surface area contributed by atoms with Crippen molar-refractivity contribution < 1.29 is 9.53 Å². The van der Waals surface area contributed by atoms with Gasteiger partial charge in [-0.25, -0.2) is 4.79 Å². The van der Waals surface area contributed by atoms with E-state index in [0.717, 1.165) is 31.3 Å². The first-order valence-corrected chi connectivity index (χ1v) is 6.94. The SMILES string of the molecule is O=C1OCC/C1=C\C1=CCC(c2ccccc2)CC1. The number of benzene rings is 1. The molecule has 1 aromatic carbocycles. The van der Waals surface area contributed by atoms with Crippen LogP contribution in [0.3, 0.4) is 0 Å². The molecule has 2 nitrogen and oxygen atoms in total. The second kappa shape index (κ2) is 5.43. The summed E-state index contributed by atoms with van der Waals surface area (Å²) in [5, 5.41) is 0. The molecule has 1 unspecified atom stereocenters. The van der Waals surface area contributed by atoms with Crippen molar-refractivity contribution in [3.8, 4) is 0 Å². The fourth-order valence-electron chi connectivity index (χ4n) is 2.82. The number of rotatable bonds is 2. The Hall–Kier alpha value is -1.83. The Morgan fingerprint density at radius 3 is 2.63 bits per heavy atom. The molecule has 1 aromatic rings. The predicted octanol–water partition coefficient (Wildman–Crippen LogP) is 3.75. The highest BCUT2D eigenvalue weighted by molar-refractivity contribution is 5.90. The van der Waals surface area contributed by atoms with E-state index in [1.807, 2.05) is 6.08 Å².